The summed E-state index contributed by atoms with van der Waals surface area (Å²) in [5.74, 6) is 0. The first kappa shape index (κ1) is 11.9. The normalized spacial score (nSPS) is 15.9. The molecule has 1 saturated heterocycles. The van der Waals surface area contributed by atoms with Crippen LogP contribution in [0.15, 0.2) is 24.3 Å². The summed E-state index contributed by atoms with van der Waals surface area (Å²) in [6.45, 7) is 3.97. The standard InChI is InChI=1S/C12H13ClN4S/c13-10-4-2-1-3-9(10)11-15-16-12(18-11)17-7-5-14-6-8-17/h1-4,14H,5-8H2. The van der Waals surface area contributed by atoms with Gasteiger partial charge in [-0.25, -0.2) is 0 Å². The van der Waals surface area contributed by atoms with Crippen molar-refractivity contribution < 1.29 is 0 Å². The molecule has 1 aromatic carbocycles. The minimum absolute atomic E-state index is 0.723. The summed E-state index contributed by atoms with van der Waals surface area (Å²) in [5.41, 5.74) is 0.957. The first-order valence-corrected chi connectivity index (χ1v) is 7.08. The van der Waals surface area contributed by atoms with Gasteiger partial charge in [0, 0.05) is 31.7 Å². The van der Waals surface area contributed by atoms with E-state index in [1.807, 2.05) is 24.3 Å². The summed E-state index contributed by atoms with van der Waals surface area (Å²) in [4.78, 5) is 2.26. The molecule has 94 valence electrons. The summed E-state index contributed by atoms with van der Waals surface area (Å²) in [6, 6.07) is 7.74. The fourth-order valence-corrected chi connectivity index (χ4v) is 3.16. The molecule has 1 N–H and O–H groups in total. The first-order chi connectivity index (χ1) is 8.84. The van der Waals surface area contributed by atoms with Crippen molar-refractivity contribution in [1.29, 1.82) is 0 Å². The van der Waals surface area contributed by atoms with Gasteiger partial charge in [-0.3, -0.25) is 0 Å². The Morgan fingerprint density at radius 3 is 2.72 bits per heavy atom. The Bertz CT molecular complexity index is 536. The van der Waals surface area contributed by atoms with E-state index < -0.39 is 0 Å². The Morgan fingerprint density at radius 1 is 1.17 bits per heavy atom. The molecule has 0 unspecified atom stereocenters. The maximum atomic E-state index is 6.17. The van der Waals surface area contributed by atoms with Gasteiger partial charge in [0.2, 0.25) is 5.13 Å². The highest BCUT2D eigenvalue weighted by Crippen LogP contribution is 2.32. The Labute approximate surface area is 115 Å². The van der Waals surface area contributed by atoms with E-state index in [0.717, 1.165) is 46.9 Å². The zero-order valence-electron chi connectivity index (χ0n) is 9.77. The molecule has 0 atom stereocenters. The molecule has 0 spiro atoms. The average Bonchev–Trinajstić information content (AvgIpc) is 2.90. The van der Waals surface area contributed by atoms with Crippen molar-refractivity contribution in [2.45, 2.75) is 0 Å². The van der Waals surface area contributed by atoms with Gasteiger partial charge in [-0.15, -0.1) is 10.2 Å². The van der Waals surface area contributed by atoms with Crippen molar-refractivity contribution in [2.75, 3.05) is 31.1 Å². The van der Waals surface area contributed by atoms with Gasteiger partial charge in [0.25, 0.3) is 0 Å². The van der Waals surface area contributed by atoms with Crippen LogP contribution < -0.4 is 10.2 Å². The second kappa shape index (κ2) is 5.22. The fraction of sp³-hybridized carbons (Fsp3) is 0.333. The number of anilines is 1. The fourth-order valence-electron chi connectivity index (χ4n) is 1.94. The second-order valence-electron chi connectivity index (χ2n) is 4.11. The van der Waals surface area contributed by atoms with Gasteiger partial charge < -0.3 is 10.2 Å². The van der Waals surface area contributed by atoms with Crippen LogP contribution in [0.1, 0.15) is 0 Å². The number of nitrogens with one attached hydrogen (secondary N) is 1. The van der Waals surface area contributed by atoms with Crippen LogP contribution in [0, 0.1) is 0 Å². The van der Waals surface area contributed by atoms with E-state index in [4.69, 9.17) is 11.6 Å². The molecule has 0 aliphatic carbocycles. The maximum Gasteiger partial charge on any atom is 0.208 e. The van der Waals surface area contributed by atoms with E-state index in [-0.39, 0.29) is 0 Å². The van der Waals surface area contributed by atoms with Crippen molar-refractivity contribution in [2.24, 2.45) is 0 Å². The quantitative estimate of drug-likeness (QED) is 0.916. The third-order valence-electron chi connectivity index (χ3n) is 2.91. The van der Waals surface area contributed by atoms with E-state index >= 15 is 0 Å². The monoisotopic (exact) mass is 280 g/mol. The highest BCUT2D eigenvalue weighted by Gasteiger charge is 2.16. The van der Waals surface area contributed by atoms with Gasteiger partial charge in [0.1, 0.15) is 0 Å². The molecule has 3 rings (SSSR count). The minimum Gasteiger partial charge on any atom is -0.344 e. The van der Waals surface area contributed by atoms with Crippen LogP contribution in [0.25, 0.3) is 10.6 Å². The first-order valence-electron chi connectivity index (χ1n) is 5.88. The Balaban J connectivity index is 1.87. The topological polar surface area (TPSA) is 41.1 Å². The molecule has 1 aliphatic rings. The van der Waals surface area contributed by atoms with Gasteiger partial charge in [-0.2, -0.15) is 0 Å². The summed E-state index contributed by atoms with van der Waals surface area (Å²) in [6.07, 6.45) is 0. The molecular formula is C12H13ClN4S. The number of piperazine rings is 1. The number of hydrogen-bond acceptors (Lipinski definition) is 5. The lowest BCUT2D eigenvalue weighted by molar-refractivity contribution is 0.587. The van der Waals surface area contributed by atoms with Crippen LogP contribution in [0.3, 0.4) is 0 Å². The molecule has 2 aromatic rings. The summed E-state index contributed by atoms with van der Waals surface area (Å²) >= 11 is 7.77. The van der Waals surface area contributed by atoms with Gasteiger partial charge >= 0.3 is 0 Å². The van der Waals surface area contributed by atoms with Crippen molar-refractivity contribution in [3.8, 4) is 10.6 Å². The zero-order chi connectivity index (χ0) is 12.4. The number of rotatable bonds is 2. The lowest BCUT2D eigenvalue weighted by Crippen LogP contribution is -2.43. The predicted molar refractivity (Wildman–Crippen MR) is 75.4 cm³/mol. The highest BCUT2D eigenvalue weighted by atomic mass is 35.5. The molecule has 18 heavy (non-hydrogen) atoms. The number of nitrogens with zero attached hydrogens (tertiary/aromatic N) is 3. The molecule has 2 heterocycles. The number of hydrogen-bond donors (Lipinski definition) is 1. The SMILES string of the molecule is Clc1ccccc1-c1nnc(N2CCNCC2)s1. The second-order valence-corrected chi connectivity index (χ2v) is 5.47. The molecule has 1 fully saturated rings. The molecule has 0 radical (unpaired) electrons. The van der Waals surface area contributed by atoms with Gasteiger partial charge in [0.05, 0.1) is 5.02 Å². The Hall–Kier alpha value is -1.17. The lowest BCUT2D eigenvalue weighted by Gasteiger charge is -2.26. The van der Waals surface area contributed by atoms with E-state index in [1.54, 1.807) is 11.3 Å². The molecule has 0 amide bonds. The third kappa shape index (κ3) is 2.34. The number of benzene rings is 1. The van der Waals surface area contributed by atoms with Crippen LogP contribution in [-0.2, 0) is 0 Å². The molecule has 0 bridgehead atoms. The molecule has 1 aromatic heterocycles. The van der Waals surface area contributed by atoms with Crippen LogP contribution >= 0.6 is 22.9 Å². The predicted octanol–water partition coefficient (Wildman–Crippen LogP) is 2.27. The highest BCUT2D eigenvalue weighted by molar-refractivity contribution is 7.18. The molecule has 0 saturated carbocycles. The van der Waals surface area contributed by atoms with Crippen LogP contribution in [0.5, 0.6) is 0 Å². The van der Waals surface area contributed by atoms with Crippen LogP contribution in [0.4, 0.5) is 5.13 Å². The van der Waals surface area contributed by atoms with Gasteiger partial charge in [-0.05, 0) is 6.07 Å². The lowest BCUT2D eigenvalue weighted by atomic mass is 10.2. The maximum absolute atomic E-state index is 6.17. The van der Waals surface area contributed by atoms with E-state index in [0.29, 0.717) is 0 Å². The third-order valence-corrected chi connectivity index (χ3v) is 4.25. The number of halogens is 1. The summed E-state index contributed by atoms with van der Waals surface area (Å²) in [7, 11) is 0. The van der Waals surface area contributed by atoms with E-state index in [9.17, 15) is 0 Å². The molecule has 1 aliphatic heterocycles. The molecule has 6 heteroatoms. The van der Waals surface area contributed by atoms with Crippen LogP contribution in [-0.4, -0.2) is 36.4 Å². The summed E-state index contributed by atoms with van der Waals surface area (Å²) in [5, 5.41) is 14.4. The molecular weight excluding hydrogens is 268 g/mol. The summed E-state index contributed by atoms with van der Waals surface area (Å²) < 4.78 is 0. The Kier molecular flexibility index (Phi) is 3.45. The van der Waals surface area contributed by atoms with E-state index in [1.165, 1.54) is 0 Å². The van der Waals surface area contributed by atoms with Gasteiger partial charge in [0.15, 0.2) is 5.01 Å². The zero-order valence-corrected chi connectivity index (χ0v) is 11.3. The van der Waals surface area contributed by atoms with Gasteiger partial charge in [-0.1, -0.05) is 41.1 Å². The molecule has 4 nitrogen and oxygen atoms in total. The van der Waals surface area contributed by atoms with Crippen molar-refractivity contribution in [3.63, 3.8) is 0 Å². The number of aromatic nitrogens is 2. The average molecular weight is 281 g/mol. The van der Waals surface area contributed by atoms with E-state index in [2.05, 4.69) is 20.4 Å². The van der Waals surface area contributed by atoms with Crippen molar-refractivity contribution in [1.82, 2.24) is 15.5 Å². The largest absolute Gasteiger partial charge is 0.344 e. The minimum atomic E-state index is 0.723. The smallest absolute Gasteiger partial charge is 0.208 e. The van der Waals surface area contributed by atoms with Crippen molar-refractivity contribution in [3.05, 3.63) is 29.3 Å². The van der Waals surface area contributed by atoms with Crippen LogP contribution in [0.2, 0.25) is 5.02 Å². The van der Waals surface area contributed by atoms with Crippen molar-refractivity contribution >= 4 is 28.1 Å². The Morgan fingerprint density at radius 2 is 1.94 bits per heavy atom.